The molecule has 0 aromatic carbocycles. The molecule has 0 amide bonds. The molecule has 0 aliphatic heterocycles. The maximum absolute atomic E-state index is 11.5. The monoisotopic (exact) mass is 227 g/mol. The van der Waals surface area contributed by atoms with Crippen LogP contribution in [0.25, 0.3) is 0 Å². The van der Waals surface area contributed by atoms with Crippen LogP contribution in [-0.4, -0.2) is 18.6 Å². The normalized spacial score (nSPS) is 30.4. The summed E-state index contributed by atoms with van der Waals surface area (Å²) in [6.07, 6.45) is 3.91. The minimum atomic E-state index is -0.132. The van der Waals surface area contributed by atoms with Crippen molar-refractivity contribution in [3.8, 4) is 0 Å². The summed E-state index contributed by atoms with van der Waals surface area (Å²) in [5.41, 5.74) is 5.36. The Morgan fingerprint density at radius 1 is 1.44 bits per heavy atom. The van der Waals surface area contributed by atoms with Gasteiger partial charge in [-0.2, -0.15) is 0 Å². The largest absolute Gasteiger partial charge is 0.462 e. The summed E-state index contributed by atoms with van der Waals surface area (Å²) in [6, 6.07) is 0. The Morgan fingerprint density at radius 2 is 2.12 bits per heavy atom. The van der Waals surface area contributed by atoms with Crippen LogP contribution in [0.5, 0.6) is 0 Å². The number of hydrogen-bond acceptors (Lipinski definition) is 3. The highest BCUT2D eigenvalue weighted by Crippen LogP contribution is 2.35. The van der Waals surface area contributed by atoms with Crippen molar-refractivity contribution in [1.82, 2.24) is 0 Å². The predicted molar refractivity (Wildman–Crippen MR) is 64.9 cm³/mol. The van der Waals surface area contributed by atoms with E-state index in [9.17, 15) is 4.79 Å². The van der Waals surface area contributed by atoms with E-state index in [4.69, 9.17) is 10.5 Å². The van der Waals surface area contributed by atoms with Crippen LogP contribution in [0.15, 0.2) is 0 Å². The minimum absolute atomic E-state index is 0.114. The summed E-state index contributed by atoms with van der Waals surface area (Å²) in [5, 5.41) is 0. The van der Waals surface area contributed by atoms with Gasteiger partial charge >= 0.3 is 5.97 Å². The SMILES string of the molecule is CC(C)[C@@H]1CC[C@@H](C)C[C@H]1OC(=O)CCN. The Hall–Kier alpha value is -0.570. The highest BCUT2D eigenvalue weighted by Gasteiger charge is 2.33. The fraction of sp³-hybridized carbons (Fsp3) is 0.923. The first-order chi connectivity index (χ1) is 7.54. The molecule has 0 saturated heterocycles. The van der Waals surface area contributed by atoms with E-state index in [1.54, 1.807) is 0 Å². The highest BCUT2D eigenvalue weighted by molar-refractivity contribution is 5.69. The van der Waals surface area contributed by atoms with E-state index in [-0.39, 0.29) is 12.1 Å². The van der Waals surface area contributed by atoms with E-state index in [1.807, 2.05) is 0 Å². The molecule has 2 N–H and O–H groups in total. The molecule has 3 heteroatoms. The van der Waals surface area contributed by atoms with E-state index < -0.39 is 0 Å². The summed E-state index contributed by atoms with van der Waals surface area (Å²) in [7, 11) is 0. The summed E-state index contributed by atoms with van der Waals surface area (Å²) in [5.74, 6) is 1.65. The van der Waals surface area contributed by atoms with Gasteiger partial charge in [0, 0.05) is 6.54 Å². The van der Waals surface area contributed by atoms with Crippen LogP contribution in [0.4, 0.5) is 0 Å². The average Bonchev–Trinajstić information content (AvgIpc) is 2.17. The first-order valence-corrected chi connectivity index (χ1v) is 6.44. The maximum atomic E-state index is 11.5. The number of ether oxygens (including phenoxy) is 1. The molecule has 3 nitrogen and oxygen atoms in total. The van der Waals surface area contributed by atoms with Crippen molar-refractivity contribution >= 4 is 5.97 Å². The molecule has 0 unspecified atom stereocenters. The zero-order chi connectivity index (χ0) is 12.1. The van der Waals surface area contributed by atoms with Crippen molar-refractivity contribution < 1.29 is 9.53 Å². The molecule has 94 valence electrons. The lowest BCUT2D eigenvalue weighted by molar-refractivity contribution is -0.155. The molecule has 16 heavy (non-hydrogen) atoms. The van der Waals surface area contributed by atoms with E-state index in [2.05, 4.69) is 20.8 Å². The molecule has 1 saturated carbocycles. The van der Waals surface area contributed by atoms with Crippen LogP contribution in [0, 0.1) is 17.8 Å². The molecule has 0 bridgehead atoms. The van der Waals surface area contributed by atoms with Crippen LogP contribution < -0.4 is 5.73 Å². The van der Waals surface area contributed by atoms with Gasteiger partial charge in [0.15, 0.2) is 0 Å². The molecule has 0 radical (unpaired) electrons. The van der Waals surface area contributed by atoms with Gasteiger partial charge in [-0.05, 0) is 30.6 Å². The van der Waals surface area contributed by atoms with Crippen molar-refractivity contribution in [3.05, 3.63) is 0 Å². The molecule has 0 spiro atoms. The summed E-state index contributed by atoms with van der Waals surface area (Å²) in [6.45, 7) is 7.04. The van der Waals surface area contributed by atoms with Gasteiger partial charge in [0.25, 0.3) is 0 Å². The van der Waals surface area contributed by atoms with Gasteiger partial charge in [0.2, 0.25) is 0 Å². The second-order valence-corrected chi connectivity index (χ2v) is 5.39. The summed E-state index contributed by atoms with van der Waals surface area (Å²) >= 11 is 0. The van der Waals surface area contributed by atoms with Gasteiger partial charge < -0.3 is 10.5 Å². The van der Waals surface area contributed by atoms with Crippen molar-refractivity contribution in [2.75, 3.05) is 6.54 Å². The zero-order valence-corrected chi connectivity index (χ0v) is 10.7. The molecule has 0 aromatic rings. The standard InChI is InChI=1S/C13H25NO2/c1-9(2)11-5-4-10(3)8-12(11)16-13(15)6-7-14/h9-12H,4-8,14H2,1-3H3/t10-,11+,12-/m1/s1. The Labute approximate surface area is 98.7 Å². The Kier molecular flexibility index (Phi) is 5.26. The van der Waals surface area contributed by atoms with Gasteiger partial charge in [-0.1, -0.05) is 27.2 Å². The molecule has 1 aliphatic carbocycles. The number of nitrogens with two attached hydrogens (primary N) is 1. The van der Waals surface area contributed by atoms with E-state index in [0.29, 0.717) is 30.7 Å². The van der Waals surface area contributed by atoms with E-state index in [0.717, 1.165) is 6.42 Å². The number of esters is 1. The molecule has 0 aromatic heterocycles. The van der Waals surface area contributed by atoms with Crippen molar-refractivity contribution in [2.24, 2.45) is 23.5 Å². The molecule has 3 atom stereocenters. The van der Waals surface area contributed by atoms with Gasteiger partial charge in [0.1, 0.15) is 6.10 Å². The average molecular weight is 227 g/mol. The minimum Gasteiger partial charge on any atom is -0.462 e. The second kappa shape index (κ2) is 6.24. The third-order valence-electron chi connectivity index (χ3n) is 3.59. The molecule has 0 heterocycles. The number of carbonyl (C=O) groups excluding carboxylic acids is 1. The lowest BCUT2D eigenvalue weighted by Gasteiger charge is -2.36. The smallest absolute Gasteiger partial charge is 0.307 e. The summed E-state index contributed by atoms with van der Waals surface area (Å²) < 4.78 is 5.56. The molecular formula is C13H25NO2. The first-order valence-electron chi connectivity index (χ1n) is 6.44. The fourth-order valence-corrected chi connectivity index (χ4v) is 2.60. The lowest BCUT2D eigenvalue weighted by Crippen LogP contribution is -2.36. The first kappa shape index (κ1) is 13.5. The quantitative estimate of drug-likeness (QED) is 0.750. The third kappa shape index (κ3) is 3.78. The lowest BCUT2D eigenvalue weighted by atomic mass is 9.75. The Bertz CT molecular complexity index is 228. The topological polar surface area (TPSA) is 52.3 Å². The highest BCUT2D eigenvalue weighted by atomic mass is 16.5. The molecular weight excluding hydrogens is 202 g/mol. The Morgan fingerprint density at radius 3 is 2.69 bits per heavy atom. The number of carbonyl (C=O) groups is 1. The van der Waals surface area contributed by atoms with Crippen molar-refractivity contribution in [2.45, 2.75) is 52.6 Å². The Balaban J connectivity index is 2.54. The predicted octanol–water partition coefficient (Wildman–Crippen LogP) is 2.34. The van der Waals surface area contributed by atoms with Gasteiger partial charge in [0.05, 0.1) is 6.42 Å². The van der Waals surface area contributed by atoms with Crippen LogP contribution in [0.2, 0.25) is 0 Å². The van der Waals surface area contributed by atoms with Crippen LogP contribution in [0.1, 0.15) is 46.5 Å². The molecule has 1 fully saturated rings. The van der Waals surface area contributed by atoms with Crippen molar-refractivity contribution in [1.29, 1.82) is 0 Å². The van der Waals surface area contributed by atoms with Crippen molar-refractivity contribution in [3.63, 3.8) is 0 Å². The molecule has 1 rings (SSSR count). The van der Waals surface area contributed by atoms with Gasteiger partial charge in [-0.15, -0.1) is 0 Å². The van der Waals surface area contributed by atoms with E-state index >= 15 is 0 Å². The third-order valence-corrected chi connectivity index (χ3v) is 3.59. The van der Waals surface area contributed by atoms with Crippen LogP contribution >= 0.6 is 0 Å². The summed E-state index contributed by atoms with van der Waals surface area (Å²) in [4.78, 5) is 11.5. The zero-order valence-electron chi connectivity index (χ0n) is 10.7. The van der Waals surface area contributed by atoms with Gasteiger partial charge in [-0.25, -0.2) is 0 Å². The molecule has 1 aliphatic rings. The number of hydrogen-bond donors (Lipinski definition) is 1. The van der Waals surface area contributed by atoms with E-state index in [1.165, 1.54) is 12.8 Å². The fourth-order valence-electron chi connectivity index (χ4n) is 2.60. The second-order valence-electron chi connectivity index (χ2n) is 5.39. The van der Waals surface area contributed by atoms with Crippen LogP contribution in [-0.2, 0) is 9.53 Å². The number of rotatable bonds is 4. The van der Waals surface area contributed by atoms with Gasteiger partial charge in [-0.3, -0.25) is 4.79 Å². The maximum Gasteiger partial charge on any atom is 0.307 e. The van der Waals surface area contributed by atoms with Crippen LogP contribution in [0.3, 0.4) is 0 Å².